The van der Waals surface area contributed by atoms with Gasteiger partial charge in [0.2, 0.25) is 0 Å². The van der Waals surface area contributed by atoms with Crippen LogP contribution in [-0.2, 0) is 11.3 Å². The van der Waals surface area contributed by atoms with Gasteiger partial charge >= 0.3 is 5.97 Å². The highest BCUT2D eigenvalue weighted by Crippen LogP contribution is 2.20. The van der Waals surface area contributed by atoms with E-state index in [2.05, 4.69) is 14.3 Å². The van der Waals surface area contributed by atoms with Gasteiger partial charge in [0, 0.05) is 11.5 Å². The number of rotatable bonds is 4. The van der Waals surface area contributed by atoms with Crippen LogP contribution >= 0.6 is 23.1 Å². The van der Waals surface area contributed by atoms with E-state index in [4.69, 9.17) is 16.3 Å². The number of carbonyl (C=O) groups excluding carboxylic acids is 1. The third-order valence-electron chi connectivity index (χ3n) is 2.16. The lowest BCUT2D eigenvalue weighted by Crippen LogP contribution is -2.01. The number of ether oxygens (including phenoxy) is 2. The number of esters is 1. The van der Waals surface area contributed by atoms with E-state index in [-0.39, 0.29) is 12.6 Å². The molecule has 0 fully saturated rings. The highest BCUT2D eigenvalue weighted by molar-refractivity contribution is 7.10. The summed E-state index contributed by atoms with van der Waals surface area (Å²) in [7, 11) is 1.34. The molecule has 0 aliphatic heterocycles. The maximum atomic E-state index is 11.2. The van der Waals surface area contributed by atoms with Gasteiger partial charge in [-0.25, -0.2) is 4.79 Å². The van der Waals surface area contributed by atoms with Gasteiger partial charge in [0.1, 0.15) is 22.4 Å². The average molecular weight is 285 g/mol. The first-order valence-electron chi connectivity index (χ1n) is 4.98. The molecule has 0 saturated heterocycles. The van der Waals surface area contributed by atoms with Crippen molar-refractivity contribution in [3.8, 4) is 5.75 Å². The van der Waals surface area contributed by atoms with E-state index in [1.165, 1.54) is 7.11 Å². The predicted octanol–water partition coefficient (Wildman–Crippen LogP) is 2.56. The van der Waals surface area contributed by atoms with Gasteiger partial charge in [-0.3, -0.25) is 0 Å². The van der Waals surface area contributed by atoms with Crippen molar-refractivity contribution in [2.24, 2.45) is 0 Å². The van der Waals surface area contributed by atoms with Crippen LogP contribution in [0.3, 0.4) is 0 Å². The lowest BCUT2D eigenvalue weighted by molar-refractivity contribution is 0.0600. The minimum absolute atomic E-state index is 0.243. The summed E-state index contributed by atoms with van der Waals surface area (Å²) in [5.74, 6) is 0.236. The Hall–Kier alpha value is -1.66. The number of methoxy groups -OCH3 is 1. The third kappa shape index (κ3) is 2.96. The number of nitrogens with zero attached hydrogens (tertiary/aromatic N) is 2. The second-order valence-corrected chi connectivity index (χ2v) is 4.65. The van der Waals surface area contributed by atoms with Crippen LogP contribution in [0.1, 0.15) is 16.1 Å². The lowest BCUT2D eigenvalue weighted by Gasteiger charge is -2.05. The van der Waals surface area contributed by atoms with Gasteiger partial charge in [0.15, 0.2) is 0 Å². The summed E-state index contributed by atoms with van der Waals surface area (Å²) < 4.78 is 14.3. The molecule has 7 heteroatoms. The van der Waals surface area contributed by atoms with E-state index in [1.807, 2.05) is 0 Å². The van der Waals surface area contributed by atoms with Crippen LogP contribution < -0.4 is 4.74 Å². The SMILES string of the molecule is COC(=O)c1ccc(OCc2nnsc2Cl)cc1. The van der Waals surface area contributed by atoms with E-state index in [0.717, 1.165) is 11.5 Å². The Morgan fingerprint density at radius 2 is 2.11 bits per heavy atom. The summed E-state index contributed by atoms with van der Waals surface area (Å²) in [4.78, 5) is 11.2. The Morgan fingerprint density at radius 3 is 2.67 bits per heavy atom. The minimum atomic E-state index is -0.381. The smallest absolute Gasteiger partial charge is 0.337 e. The Bertz CT molecular complexity index is 541. The summed E-state index contributed by atoms with van der Waals surface area (Å²) in [5, 5.41) is 3.83. The van der Waals surface area contributed by atoms with Gasteiger partial charge in [0.05, 0.1) is 12.7 Å². The van der Waals surface area contributed by atoms with E-state index < -0.39 is 0 Å². The normalized spacial score (nSPS) is 10.1. The second kappa shape index (κ2) is 5.79. The second-order valence-electron chi connectivity index (χ2n) is 3.30. The maximum Gasteiger partial charge on any atom is 0.337 e. The van der Waals surface area contributed by atoms with Crippen molar-refractivity contribution in [3.63, 3.8) is 0 Å². The first-order chi connectivity index (χ1) is 8.70. The fourth-order valence-electron chi connectivity index (χ4n) is 1.24. The van der Waals surface area contributed by atoms with E-state index >= 15 is 0 Å². The maximum absolute atomic E-state index is 11.2. The molecular formula is C11H9ClN2O3S. The van der Waals surface area contributed by atoms with Gasteiger partial charge in [-0.2, -0.15) is 0 Å². The van der Waals surface area contributed by atoms with Crippen LogP contribution in [0.5, 0.6) is 5.75 Å². The number of carbonyl (C=O) groups is 1. The molecule has 1 heterocycles. The van der Waals surface area contributed by atoms with Gasteiger partial charge in [-0.05, 0) is 24.3 Å². The third-order valence-corrected chi connectivity index (χ3v) is 3.14. The van der Waals surface area contributed by atoms with Crippen LogP contribution in [0.4, 0.5) is 0 Å². The van der Waals surface area contributed by atoms with Gasteiger partial charge in [0.25, 0.3) is 0 Å². The molecule has 0 N–H and O–H groups in total. The molecule has 0 aliphatic carbocycles. The molecule has 2 aromatic rings. The molecule has 0 aliphatic rings. The molecule has 1 aromatic heterocycles. The van der Waals surface area contributed by atoms with Crippen molar-refractivity contribution in [2.45, 2.75) is 6.61 Å². The predicted molar refractivity (Wildman–Crippen MR) is 67.0 cm³/mol. The molecule has 94 valence electrons. The van der Waals surface area contributed by atoms with Gasteiger partial charge < -0.3 is 9.47 Å². The van der Waals surface area contributed by atoms with Crippen molar-refractivity contribution >= 4 is 29.1 Å². The summed E-state index contributed by atoms with van der Waals surface area (Å²) in [6, 6.07) is 6.62. The Balaban J connectivity index is 1.98. The lowest BCUT2D eigenvalue weighted by atomic mass is 10.2. The fraction of sp³-hybridized carbons (Fsp3) is 0.182. The molecule has 5 nitrogen and oxygen atoms in total. The summed E-state index contributed by atoms with van der Waals surface area (Å²) in [5.41, 5.74) is 1.07. The zero-order valence-electron chi connectivity index (χ0n) is 9.42. The van der Waals surface area contributed by atoms with Crippen molar-refractivity contribution in [1.29, 1.82) is 0 Å². The van der Waals surface area contributed by atoms with Crippen molar-refractivity contribution in [3.05, 3.63) is 39.9 Å². The molecule has 0 bridgehead atoms. The fourth-order valence-corrected chi connectivity index (χ4v) is 1.84. The van der Waals surface area contributed by atoms with Crippen molar-refractivity contribution in [2.75, 3.05) is 7.11 Å². The molecule has 0 radical (unpaired) electrons. The first kappa shape index (κ1) is 12.8. The molecule has 0 amide bonds. The number of hydrogen-bond acceptors (Lipinski definition) is 6. The number of benzene rings is 1. The molecule has 0 atom stereocenters. The Morgan fingerprint density at radius 1 is 1.39 bits per heavy atom. The highest BCUT2D eigenvalue weighted by Gasteiger charge is 2.07. The number of hydrogen-bond donors (Lipinski definition) is 0. The highest BCUT2D eigenvalue weighted by atomic mass is 35.5. The number of halogens is 1. The Kier molecular flexibility index (Phi) is 4.11. The largest absolute Gasteiger partial charge is 0.487 e. The summed E-state index contributed by atoms with van der Waals surface area (Å²) in [6.45, 7) is 0.243. The molecule has 18 heavy (non-hydrogen) atoms. The molecular weight excluding hydrogens is 276 g/mol. The van der Waals surface area contributed by atoms with Gasteiger partial charge in [-0.15, -0.1) is 5.10 Å². The van der Waals surface area contributed by atoms with Crippen LogP contribution in [0.2, 0.25) is 4.34 Å². The topological polar surface area (TPSA) is 61.3 Å². The van der Waals surface area contributed by atoms with Gasteiger partial charge in [-0.1, -0.05) is 16.1 Å². The zero-order chi connectivity index (χ0) is 13.0. The van der Waals surface area contributed by atoms with E-state index in [0.29, 0.717) is 21.3 Å². The number of aromatic nitrogens is 2. The molecule has 0 saturated carbocycles. The van der Waals surface area contributed by atoms with Crippen molar-refractivity contribution < 1.29 is 14.3 Å². The zero-order valence-corrected chi connectivity index (χ0v) is 11.0. The van der Waals surface area contributed by atoms with E-state index in [1.54, 1.807) is 24.3 Å². The van der Waals surface area contributed by atoms with Crippen LogP contribution in [-0.4, -0.2) is 22.7 Å². The molecule has 0 spiro atoms. The standard InChI is InChI=1S/C11H9ClN2O3S/c1-16-11(15)7-2-4-8(5-3-7)17-6-9-10(12)18-14-13-9/h2-5H,6H2,1H3. The minimum Gasteiger partial charge on any atom is -0.487 e. The summed E-state index contributed by atoms with van der Waals surface area (Å²) >= 11 is 6.96. The van der Waals surface area contributed by atoms with Crippen LogP contribution in [0, 0.1) is 0 Å². The Labute approximate surface area is 112 Å². The molecule has 0 unspecified atom stereocenters. The molecule has 2 rings (SSSR count). The van der Waals surface area contributed by atoms with E-state index in [9.17, 15) is 4.79 Å². The molecule has 1 aromatic carbocycles. The van der Waals surface area contributed by atoms with Crippen LogP contribution in [0.15, 0.2) is 24.3 Å². The monoisotopic (exact) mass is 284 g/mol. The van der Waals surface area contributed by atoms with Crippen LogP contribution in [0.25, 0.3) is 0 Å². The first-order valence-corrected chi connectivity index (χ1v) is 6.13. The quantitative estimate of drug-likeness (QED) is 0.808. The van der Waals surface area contributed by atoms with Crippen molar-refractivity contribution in [1.82, 2.24) is 9.59 Å². The average Bonchev–Trinajstić information content (AvgIpc) is 2.81. The summed E-state index contributed by atoms with van der Waals surface area (Å²) in [6.07, 6.45) is 0.